The molecule has 0 saturated heterocycles. The summed E-state index contributed by atoms with van der Waals surface area (Å²) in [6, 6.07) is 11.6. The number of nitrogens with zero attached hydrogens (tertiary/aromatic N) is 2. The summed E-state index contributed by atoms with van der Waals surface area (Å²) in [4.78, 5) is 6.70. The number of pyridine rings is 1. The van der Waals surface area contributed by atoms with Gasteiger partial charge in [0.15, 0.2) is 0 Å². The lowest BCUT2D eigenvalue weighted by molar-refractivity contribution is 0.226. The number of hydrogen-bond donors (Lipinski definition) is 0. The van der Waals surface area contributed by atoms with E-state index in [1.165, 1.54) is 0 Å². The van der Waals surface area contributed by atoms with E-state index in [1.807, 2.05) is 30.5 Å². The fourth-order valence-corrected chi connectivity index (χ4v) is 2.52. The Labute approximate surface area is 120 Å². The molecule has 1 aromatic heterocycles. The van der Waals surface area contributed by atoms with Gasteiger partial charge in [-0.1, -0.05) is 25.1 Å². The van der Waals surface area contributed by atoms with Crippen LogP contribution in [0, 0.1) is 12.7 Å². The quantitative estimate of drug-likeness (QED) is 0.814. The monoisotopic (exact) mass is 272 g/mol. The summed E-state index contributed by atoms with van der Waals surface area (Å²) in [6.45, 7) is 4.75. The van der Waals surface area contributed by atoms with Gasteiger partial charge in [-0.25, -0.2) is 4.39 Å². The Morgan fingerprint density at radius 2 is 2.05 bits per heavy atom. The van der Waals surface area contributed by atoms with E-state index in [-0.39, 0.29) is 11.9 Å². The van der Waals surface area contributed by atoms with Crippen molar-refractivity contribution in [1.82, 2.24) is 9.88 Å². The van der Waals surface area contributed by atoms with Crippen molar-refractivity contribution in [2.75, 3.05) is 7.05 Å². The lowest BCUT2D eigenvalue weighted by Gasteiger charge is -2.26. The van der Waals surface area contributed by atoms with Gasteiger partial charge in [-0.3, -0.25) is 9.88 Å². The fourth-order valence-electron chi connectivity index (χ4n) is 2.52. The predicted molar refractivity (Wildman–Crippen MR) is 79.9 cm³/mol. The minimum Gasteiger partial charge on any atom is -0.294 e. The number of rotatable bonds is 5. The summed E-state index contributed by atoms with van der Waals surface area (Å²) in [5, 5.41) is 0. The van der Waals surface area contributed by atoms with E-state index in [2.05, 4.69) is 29.9 Å². The largest absolute Gasteiger partial charge is 0.294 e. The van der Waals surface area contributed by atoms with Gasteiger partial charge in [0, 0.05) is 12.7 Å². The molecule has 0 aliphatic carbocycles. The Kier molecular flexibility index (Phi) is 4.85. The number of benzene rings is 1. The summed E-state index contributed by atoms with van der Waals surface area (Å²) in [6.07, 6.45) is 2.82. The molecule has 0 aliphatic rings. The van der Waals surface area contributed by atoms with E-state index < -0.39 is 0 Å². The normalized spacial score (nSPS) is 12.7. The highest BCUT2D eigenvalue weighted by atomic mass is 19.1. The average molecular weight is 272 g/mol. The maximum Gasteiger partial charge on any atom is 0.126 e. The Hall–Kier alpha value is -1.74. The molecular formula is C17H21FN2. The molecule has 2 nitrogen and oxygen atoms in total. The van der Waals surface area contributed by atoms with E-state index in [0.29, 0.717) is 5.56 Å². The lowest BCUT2D eigenvalue weighted by atomic mass is 10.1. The molecule has 20 heavy (non-hydrogen) atoms. The Morgan fingerprint density at radius 3 is 2.65 bits per heavy atom. The molecule has 1 atom stereocenters. The van der Waals surface area contributed by atoms with Gasteiger partial charge < -0.3 is 0 Å². The van der Waals surface area contributed by atoms with Crippen molar-refractivity contribution in [3.8, 4) is 0 Å². The van der Waals surface area contributed by atoms with Crippen molar-refractivity contribution in [2.45, 2.75) is 32.9 Å². The van der Waals surface area contributed by atoms with Crippen LogP contribution < -0.4 is 0 Å². The molecular weight excluding hydrogens is 251 g/mol. The summed E-state index contributed by atoms with van der Waals surface area (Å²) in [5.74, 6) is -0.145. The van der Waals surface area contributed by atoms with Crippen molar-refractivity contribution < 1.29 is 4.39 Å². The summed E-state index contributed by atoms with van der Waals surface area (Å²) >= 11 is 0. The van der Waals surface area contributed by atoms with Gasteiger partial charge in [0.1, 0.15) is 5.82 Å². The standard InChI is InChI=1S/C17H21FN2/c1-4-17(16-7-5-6-10-19-16)20(3)12-14-8-9-15(18)13(2)11-14/h5-11,17H,4,12H2,1-3H3/t17-/m0/s1. The Morgan fingerprint density at radius 1 is 1.25 bits per heavy atom. The van der Waals surface area contributed by atoms with Gasteiger partial charge in [0.05, 0.1) is 11.7 Å². The van der Waals surface area contributed by atoms with E-state index in [0.717, 1.165) is 24.2 Å². The second kappa shape index (κ2) is 6.62. The maximum absolute atomic E-state index is 13.3. The van der Waals surface area contributed by atoms with Crippen LogP contribution in [0.2, 0.25) is 0 Å². The zero-order chi connectivity index (χ0) is 14.5. The molecule has 1 heterocycles. The van der Waals surface area contributed by atoms with Crippen LogP contribution in [0.1, 0.15) is 36.2 Å². The van der Waals surface area contributed by atoms with Gasteiger partial charge in [-0.05, 0) is 49.7 Å². The van der Waals surface area contributed by atoms with E-state index in [9.17, 15) is 4.39 Å². The third-order valence-electron chi connectivity index (χ3n) is 3.60. The van der Waals surface area contributed by atoms with Gasteiger partial charge in [-0.2, -0.15) is 0 Å². The van der Waals surface area contributed by atoms with E-state index in [1.54, 1.807) is 13.0 Å². The topological polar surface area (TPSA) is 16.1 Å². The van der Waals surface area contributed by atoms with E-state index in [4.69, 9.17) is 0 Å². The van der Waals surface area contributed by atoms with Crippen LogP contribution in [0.15, 0.2) is 42.6 Å². The maximum atomic E-state index is 13.3. The lowest BCUT2D eigenvalue weighted by Crippen LogP contribution is -2.24. The van der Waals surface area contributed by atoms with Gasteiger partial charge in [-0.15, -0.1) is 0 Å². The molecule has 0 fully saturated rings. The predicted octanol–water partition coefficient (Wildman–Crippen LogP) is 4.11. The first-order chi connectivity index (χ1) is 9.61. The van der Waals surface area contributed by atoms with Crippen molar-refractivity contribution in [2.24, 2.45) is 0 Å². The zero-order valence-electron chi connectivity index (χ0n) is 12.3. The third-order valence-corrected chi connectivity index (χ3v) is 3.60. The molecule has 2 aromatic rings. The Balaban J connectivity index is 2.13. The van der Waals surface area contributed by atoms with Crippen LogP contribution in [0.25, 0.3) is 0 Å². The second-order valence-corrected chi connectivity index (χ2v) is 5.18. The minimum atomic E-state index is -0.145. The molecule has 1 aromatic carbocycles. The summed E-state index contributed by atoms with van der Waals surface area (Å²) in [7, 11) is 2.08. The van der Waals surface area contributed by atoms with Crippen molar-refractivity contribution >= 4 is 0 Å². The molecule has 106 valence electrons. The van der Waals surface area contributed by atoms with Crippen LogP contribution in [-0.2, 0) is 6.54 Å². The molecule has 2 rings (SSSR count). The van der Waals surface area contributed by atoms with Gasteiger partial charge in [0.2, 0.25) is 0 Å². The van der Waals surface area contributed by atoms with Crippen LogP contribution >= 0.6 is 0 Å². The molecule has 3 heteroatoms. The number of halogens is 1. The zero-order valence-corrected chi connectivity index (χ0v) is 12.3. The minimum absolute atomic E-state index is 0.145. The van der Waals surface area contributed by atoms with Crippen LogP contribution in [0.5, 0.6) is 0 Å². The highest BCUT2D eigenvalue weighted by molar-refractivity contribution is 5.24. The highest BCUT2D eigenvalue weighted by Crippen LogP contribution is 2.23. The number of hydrogen-bond acceptors (Lipinski definition) is 2. The molecule has 0 amide bonds. The van der Waals surface area contributed by atoms with Crippen molar-refractivity contribution in [3.63, 3.8) is 0 Å². The Bertz CT molecular complexity index is 554. The summed E-state index contributed by atoms with van der Waals surface area (Å²) < 4.78 is 13.3. The molecule has 0 radical (unpaired) electrons. The first-order valence-electron chi connectivity index (χ1n) is 6.98. The molecule has 0 spiro atoms. The first-order valence-corrected chi connectivity index (χ1v) is 6.98. The SMILES string of the molecule is CC[C@@H](c1ccccn1)N(C)Cc1ccc(F)c(C)c1. The van der Waals surface area contributed by atoms with Gasteiger partial charge in [0.25, 0.3) is 0 Å². The van der Waals surface area contributed by atoms with Crippen LogP contribution in [-0.4, -0.2) is 16.9 Å². The second-order valence-electron chi connectivity index (χ2n) is 5.18. The fraction of sp³-hybridized carbons (Fsp3) is 0.353. The highest BCUT2D eigenvalue weighted by Gasteiger charge is 2.16. The van der Waals surface area contributed by atoms with Crippen LogP contribution in [0.3, 0.4) is 0 Å². The molecule has 0 unspecified atom stereocenters. The van der Waals surface area contributed by atoms with Crippen LogP contribution in [0.4, 0.5) is 4.39 Å². The molecule has 0 saturated carbocycles. The van der Waals surface area contributed by atoms with Crippen molar-refractivity contribution in [3.05, 3.63) is 65.2 Å². The summed E-state index contributed by atoms with van der Waals surface area (Å²) in [5.41, 5.74) is 2.90. The molecule has 0 aliphatic heterocycles. The smallest absolute Gasteiger partial charge is 0.126 e. The van der Waals surface area contributed by atoms with Crippen molar-refractivity contribution in [1.29, 1.82) is 0 Å². The molecule has 0 bridgehead atoms. The van der Waals surface area contributed by atoms with Gasteiger partial charge >= 0.3 is 0 Å². The van der Waals surface area contributed by atoms with E-state index >= 15 is 0 Å². The molecule has 0 N–H and O–H groups in total. The first kappa shape index (κ1) is 14.7. The number of aromatic nitrogens is 1. The number of aryl methyl sites for hydroxylation is 1. The third kappa shape index (κ3) is 3.42. The average Bonchev–Trinajstić information content (AvgIpc) is 2.45.